The summed E-state index contributed by atoms with van der Waals surface area (Å²) >= 11 is 0. The summed E-state index contributed by atoms with van der Waals surface area (Å²) in [5.74, 6) is 0. The first-order valence-electron chi connectivity index (χ1n) is 9.90. The van der Waals surface area contributed by atoms with E-state index >= 15 is 0 Å². The lowest BCUT2D eigenvalue weighted by molar-refractivity contribution is -0.163. The Hall–Kier alpha value is -0.940. The Labute approximate surface area is 151 Å². The third-order valence-corrected chi connectivity index (χ3v) is 4.96. The van der Waals surface area contributed by atoms with Crippen LogP contribution in [0.15, 0.2) is 30.3 Å². The minimum absolute atomic E-state index is 0.0489. The maximum absolute atomic E-state index is 5.91. The Balaban J connectivity index is 1.11. The molecule has 0 amide bonds. The maximum Gasteiger partial charge on any atom is 0.157 e. The Morgan fingerprint density at radius 1 is 0.840 bits per heavy atom. The molecule has 0 bridgehead atoms. The molecule has 2 fully saturated rings. The Morgan fingerprint density at radius 2 is 1.60 bits per heavy atom. The summed E-state index contributed by atoms with van der Waals surface area (Å²) in [5.41, 5.74) is 1.24. The molecule has 3 rings (SSSR count). The summed E-state index contributed by atoms with van der Waals surface area (Å²) < 4.78 is 23.1. The molecule has 1 saturated carbocycles. The summed E-state index contributed by atoms with van der Waals surface area (Å²) in [6, 6.07) is 10.4. The van der Waals surface area contributed by atoms with Crippen LogP contribution in [0.25, 0.3) is 0 Å². The molecule has 0 aromatic heterocycles. The van der Waals surface area contributed by atoms with E-state index in [0.717, 1.165) is 58.3 Å². The van der Waals surface area contributed by atoms with Crippen molar-refractivity contribution in [1.82, 2.24) is 0 Å². The van der Waals surface area contributed by atoms with Crippen LogP contribution < -0.4 is 0 Å². The molecule has 1 atom stereocenters. The van der Waals surface area contributed by atoms with E-state index < -0.39 is 0 Å². The molecule has 0 radical (unpaired) electrons. The highest BCUT2D eigenvalue weighted by Crippen LogP contribution is 2.27. The van der Waals surface area contributed by atoms with Crippen LogP contribution in [0.1, 0.15) is 56.9 Å². The standard InChI is InChI=1S/C21H32O4/c1-3-9-18(10-4-1)17-25-20-15-19(16-20)22-12-6-2-7-13-23-21-11-5-8-14-24-21/h1,3-4,9-10,19-21H,2,5-8,11-17H2. The molecule has 4 heteroatoms. The molecule has 1 aliphatic heterocycles. The zero-order valence-electron chi connectivity index (χ0n) is 15.2. The lowest BCUT2D eigenvalue weighted by Gasteiger charge is -2.35. The minimum Gasteiger partial charge on any atom is -0.378 e. The van der Waals surface area contributed by atoms with Crippen LogP contribution in [0.5, 0.6) is 0 Å². The molecule has 1 aliphatic carbocycles. The van der Waals surface area contributed by atoms with Crippen LogP contribution in [0.2, 0.25) is 0 Å². The highest BCUT2D eigenvalue weighted by Gasteiger charge is 2.30. The number of hydrogen-bond acceptors (Lipinski definition) is 4. The van der Waals surface area contributed by atoms with E-state index in [1.807, 2.05) is 6.07 Å². The lowest BCUT2D eigenvalue weighted by Crippen LogP contribution is -2.37. The van der Waals surface area contributed by atoms with Crippen molar-refractivity contribution < 1.29 is 18.9 Å². The van der Waals surface area contributed by atoms with Crippen LogP contribution in [-0.4, -0.2) is 38.3 Å². The van der Waals surface area contributed by atoms with Gasteiger partial charge in [-0.15, -0.1) is 0 Å². The number of hydrogen-bond donors (Lipinski definition) is 0. The van der Waals surface area contributed by atoms with E-state index in [0.29, 0.717) is 18.8 Å². The third kappa shape index (κ3) is 7.06. The molecule has 1 aromatic carbocycles. The minimum atomic E-state index is 0.0489. The first kappa shape index (κ1) is 18.8. The molecule has 1 unspecified atom stereocenters. The summed E-state index contributed by atoms with van der Waals surface area (Å²) in [4.78, 5) is 0. The SMILES string of the molecule is c1ccc(COC2CC(OCCCCCOC3CCCCO3)C2)cc1. The molecular weight excluding hydrogens is 316 g/mol. The van der Waals surface area contributed by atoms with Gasteiger partial charge in [0.25, 0.3) is 0 Å². The van der Waals surface area contributed by atoms with Gasteiger partial charge in [-0.3, -0.25) is 0 Å². The molecule has 25 heavy (non-hydrogen) atoms. The average Bonchev–Trinajstić information content (AvgIpc) is 2.63. The molecule has 1 saturated heterocycles. The van der Waals surface area contributed by atoms with Crippen molar-refractivity contribution in [2.75, 3.05) is 19.8 Å². The molecular formula is C21H32O4. The third-order valence-electron chi connectivity index (χ3n) is 4.96. The first-order chi connectivity index (χ1) is 12.4. The summed E-state index contributed by atoms with van der Waals surface area (Å²) in [7, 11) is 0. The normalized spacial score (nSPS) is 26.3. The van der Waals surface area contributed by atoms with Gasteiger partial charge in [0, 0.05) is 19.8 Å². The van der Waals surface area contributed by atoms with Crippen molar-refractivity contribution in [3.63, 3.8) is 0 Å². The van der Waals surface area contributed by atoms with E-state index in [1.54, 1.807) is 0 Å². The predicted octanol–water partition coefficient (Wildman–Crippen LogP) is 4.46. The quantitative estimate of drug-likeness (QED) is 0.553. The number of unbranched alkanes of at least 4 members (excludes halogenated alkanes) is 2. The fourth-order valence-corrected chi connectivity index (χ4v) is 3.27. The molecule has 1 heterocycles. The summed E-state index contributed by atoms with van der Waals surface area (Å²) in [6.45, 7) is 3.23. The summed E-state index contributed by atoms with van der Waals surface area (Å²) in [5, 5.41) is 0. The van der Waals surface area contributed by atoms with Gasteiger partial charge in [0.15, 0.2) is 6.29 Å². The van der Waals surface area contributed by atoms with Gasteiger partial charge in [-0.25, -0.2) is 0 Å². The van der Waals surface area contributed by atoms with Gasteiger partial charge in [-0.1, -0.05) is 30.3 Å². The number of rotatable bonds is 11. The second-order valence-electron chi connectivity index (χ2n) is 7.11. The highest BCUT2D eigenvalue weighted by atomic mass is 16.7. The van der Waals surface area contributed by atoms with Crippen LogP contribution in [-0.2, 0) is 25.6 Å². The Morgan fingerprint density at radius 3 is 2.36 bits per heavy atom. The van der Waals surface area contributed by atoms with Crippen molar-refractivity contribution in [3.05, 3.63) is 35.9 Å². The molecule has 1 aromatic rings. The van der Waals surface area contributed by atoms with Gasteiger partial charge in [0.1, 0.15) is 0 Å². The molecule has 140 valence electrons. The van der Waals surface area contributed by atoms with Gasteiger partial charge in [-0.05, 0) is 56.9 Å². The monoisotopic (exact) mass is 348 g/mol. The lowest BCUT2D eigenvalue weighted by atomic mass is 9.92. The van der Waals surface area contributed by atoms with E-state index in [-0.39, 0.29) is 6.29 Å². The fourth-order valence-electron chi connectivity index (χ4n) is 3.27. The van der Waals surface area contributed by atoms with Crippen LogP contribution in [0.4, 0.5) is 0 Å². The number of benzene rings is 1. The highest BCUT2D eigenvalue weighted by molar-refractivity contribution is 5.13. The van der Waals surface area contributed by atoms with Crippen LogP contribution in [0.3, 0.4) is 0 Å². The Kier molecular flexibility index (Phi) is 8.23. The maximum atomic E-state index is 5.91. The van der Waals surface area contributed by atoms with E-state index in [1.165, 1.54) is 18.4 Å². The van der Waals surface area contributed by atoms with E-state index in [4.69, 9.17) is 18.9 Å². The van der Waals surface area contributed by atoms with Gasteiger partial charge < -0.3 is 18.9 Å². The second-order valence-corrected chi connectivity index (χ2v) is 7.11. The fraction of sp³-hybridized carbons (Fsp3) is 0.714. The smallest absolute Gasteiger partial charge is 0.157 e. The zero-order valence-corrected chi connectivity index (χ0v) is 15.2. The zero-order chi connectivity index (χ0) is 17.2. The molecule has 0 N–H and O–H groups in total. The molecule has 4 nitrogen and oxygen atoms in total. The molecule has 2 aliphatic rings. The van der Waals surface area contributed by atoms with Crippen molar-refractivity contribution in [2.24, 2.45) is 0 Å². The van der Waals surface area contributed by atoms with E-state index in [2.05, 4.69) is 24.3 Å². The average molecular weight is 348 g/mol. The van der Waals surface area contributed by atoms with Crippen molar-refractivity contribution in [3.8, 4) is 0 Å². The summed E-state index contributed by atoms with van der Waals surface area (Å²) in [6.07, 6.45) is 9.72. The van der Waals surface area contributed by atoms with Gasteiger partial charge >= 0.3 is 0 Å². The van der Waals surface area contributed by atoms with E-state index in [9.17, 15) is 0 Å². The van der Waals surface area contributed by atoms with Gasteiger partial charge in [0.05, 0.1) is 18.8 Å². The van der Waals surface area contributed by atoms with Gasteiger partial charge in [-0.2, -0.15) is 0 Å². The second kappa shape index (κ2) is 10.9. The van der Waals surface area contributed by atoms with Crippen molar-refractivity contribution in [2.45, 2.75) is 76.5 Å². The van der Waals surface area contributed by atoms with Crippen LogP contribution >= 0.6 is 0 Å². The van der Waals surface area contributed by atoms with Crippen molar-refractivity contribution in [1.29, 1.82) is 0 Å². The van der Waals surface area contributed by atoms with Crippen LogP contribution in [0, 0.1) is 0 Å². The Bertz CT molecular complexity index is 452. The predicted molar refractivity (Wildman–Crippen MR) is 97.4 cm³/mol. The van der Waals surface area contributed by atoms with Crippen molar-refractivity contribution >= 4 is 0 Å². The topological polar surface area (TPSA) is 36.9 Å². The first-order valence-corrected chi connectivity index (χ1v) is 9.90. The van der Waals surface area contributed by atoms with Gasteiger partial charge in [0.2, 0.25) is 0 Å². The number of ether oxygens (including phenoxy) is 4. The molecule has 0 spiro atoms. The largest absolute Gasteiger partial charge is 0.378 e.